The zero-order chi connectivity index (χ0) is 35.9. The third-order valence-electron chi connectivity index (χ3n) is 8.94. The molecule has 2 rings (SSSR count). The molecule has 0 saturated carbocycles. The first-order valence-corrected chi connectivity index (χ1v) is 18.5. The van der Waals surface area contributed by atoms with Crippen LogP contribution in [0.25, 0.3) is 0 Å². The number of carbonyl (C=O) groups excluding carboxylic acids is 3. The molecule has 0 aromatic heterocycles. The molecule has 8 heteroatoms. The summed E-state index contributed by atoms with van der Waals surface area (Å²) in [6.07, 6.45) is 23.0. The van der Waals surface area contributed by atoms with Crippen molar-refractivity contribution in [2.75, 3.05) is 20.3 Å². The maximum Gasteiger partial charge on any atom is 0.342 e. The second kappa shape index (κ2) is 24.8. The van der Waals surface area contributed by atoms with Gasteiger partial charge >= 0.3 is 17.9 Å². The first-order valence-electron chi connectivity index (χ1n) is 18.5. The van der Waals surface area contributed by atoms with Crippen molar-refractivity contribution >= 4 is 17.9 Å². The number of unbranched alkanes of at least 4 members (excludes halogenated alkanes) is 14. The van der Waals surface area contributed by atoms with E-state index in [9.17, 15) is 14.4 Å². The van der Waals surface area contributed by atoms with Crippen molar-refractivity contribution in [3.63, 3.8) is 0 Å². The van der Waals surface area contributed by atoms with Gasteiger partial charge in [0.15, 0.2) is 0 Å². The molecular formula is C41H62O8. The van der Waals surface area contributed by atoms with Crippen LogP contribution in [0.4, 0.5) is 0 Å². The van der Waals surface area contributed by atoms with E-state index in [0.29, 0.717) is 49.4 Å². The second-order valence-corrected chi connectivity index (χ2v) is 13.1. The summed E-state index contributed by atoms with van der Waals surface area (Å²) in [4.78, 5) is 36.3. The molecule has 0 N–H and O–H groups in total. The number of fused-ring (bicyclic) bond motifs is 1. The van der Waals surface area contributed by atoms with E-state index in [1.54, 1.807) is 13.2 Å². The maximum absolute atomic E-state index is 12.5. The molecule has 1 aliphatic rings. The zero-order valence-corrected chi connectivity index (χ0v) is 30.7. The molecule has 0 saturated heterocycles. The predicted octanol–water partition coefficient (Wildman–Crippen LogP) is 9.87. The van der Waals surface area contributed by atoms with Gasteiger partial charge in [-0.1, -0.05) is 108 Å². The molecule has 274 valence electrons. The van der Waals surface area contributed by atoms with Gasteiger partial charge in [-0.25, -0.2) is 4.79 Å². The number of methoxy groups -OCH3 is 1. The number of carbonyl (C=O) groups is 3. The van der Waals surface area contributed by atoms with Crippen LogP contribution in [-0.2, 0) is 36.8 Å². The predicted molar refractivity (Wildman–Crippen MR) is 195 cm³/mol. The SMILES string of the molecule is [CH2]C([CH2])OC(=O)CCCCCCCCCCCCCCCCCOC(=O)CC/C(C)=C/Cc1c(OC)c(C)c2c(c1OCC=C)C(=O)OC2. The van der Waals surface area contributed by atoms with E-state index in [2.05, 4.69) is 26.5 Å². The van der Waals surface area contributed by atoms with E-state index >= 15 is 0 Å². The number of hydrogen-bond acceptors (Lipinski definition) is 8. The Balaban J connectivity index is 1.50. The maximum atomic E-state index is 12.5. The monoisotopic (exact) mass is 682 g/mol. The van der Waals surface area contributed by atoms with Gasteiger partial charge in [0.05, 0.1) is 13.7 Å². The van der Waals surface area contributed by atoms with Crippen LogP contribution in [0.15, 0.2) is 24.3 Å². The topological polar surface area (TPSA) is 97.4 Å². The first kappa shape index (κ1) is 41.9. The smallest absolute Gasteiger partial charge is 0.342 e. The Labute approximate surface area is 296 Å². The Hall–Kier alpha value is -3.29. The van der Waals surface area contributed by atoms with Crippen LogP contribution in [0, 0.1) is 20.8 Å². The molecular weight excluding hydrogens is 620 g/mol. The molecule has 8 nitrogen and oxygen atoms in total. The van der Waals surface area contributed by atoms with Crippen molar-refractivity contribution < 1.29 is 38.1 Å². The van der Waals surface area contributed by atoms with Crippen molar-refractivity contribution in [2.24, 2.45) is 0 Å². The van der Waals surface area contributed by atoms with Gasteiger partial charge in [-0.05, 0) is 58.9 Å². The molecule has 1 heterocycles. The minimum atomic E-state index is -0.511. The third kappa shape index (κ3) is 16.3. The highest BCUT2D eigenvalue weighted by Crippen LogP contribution is 2.43. The van der Waals surface area contributed by atoms with Gasteiger partial charge in [0.1, 0.15) is 36.4 Å². The van der Waals surface area contributed by atoms with Gasteiger partial charge in [0.2, 0.25) is 0 Å². The van der Waals surface area contributed by atoms with E-state index in [0.717, 1.165) is 47.9 Å². The van der Waals surface area contributed by atoms with Gasteiger partial charge < -0.3 is 23.7 Å². The summed E-state index contributed by atoms with van der Waals surface area (Å²) in [7, 11) is 1.62. The minimum absolute atomic E-state index is 0.170. The molecule has 0 spiro atoms. The Bertz CT molecular complexity index is 1200. The molecule has 0 unspecified atom stereocenters. The van der Waals surface area contributed by atoms with Crippen LogP contribution >= 0.6 is 0 Å². The second-order valence-electron chi connectivity index (χ2n) is 13.1. The number of esters is 3. The van der Waals surface area contributed by atoms with Crippen LogP contribution in [0.3, 0.4) is 0 Å². The van der Waals surface area contributed by atoms with Gasteiger partial charge in [0, 0.05) is 24.0 Å². The summed E-state index contributed by atoms with van der Waals surface area (Å²) in [5.41, 5.74) is 3.98. The Morgan fingerprint density at radius 2 is 1.39 bits per heavy atom. The third-order valence-corrected chi connectivity index (χ3v) is 8.94. The molecule has 0 atom stereocenters. The molecule has 1 aliphatic heterocycles. The lowest BCUT2D eigenvalue weighted by Gasteiger charge is -2.19. The summed E-state index contributed by atoms with van der Waals surface area (Å²) in [5, 5.41) is 0. The molecule has 49 heavy (non-hydrogen) atoms. The number of rotatable bonds is 28. The highest BCUT2D eigenvalue weighted by Gasteiger charge is 2.33. The summed E-state index contributed by atoms with van der Waals surface area (Å²) in [6, 6.07) is 0. The number of benzene rings is 1. The largest absolute Gasteiger partial charge is 0.496 e. The average Bonchev–Trinajstić information content (AvgIpc) is 3.46. The van der Waals surface area contributed by atoms with E-state index in [4.69, 9.17) is 23.7 Å². The lowest BCUT2D eigenvalue weighted by atomic mass is 9.94. The van der Waals surface area contributed by atoms with E-state index in [1.165, 1.54) is 70.6 Å². The summed E-state index contributed by atoms with van der Waals surface area (Å²) < 4.78 is 27.4. The molecule has 1 aromatic rings. The van der Waals surface area contributed by atoms with E-state index in [-0.39, 0.29) is 31.1 Å². The minimum Gasteiger partial charge on any atom is -0.496 e. The number of cyclic esters (lactones) is 1. The van der Waals surface area contributed by atoms with Crippen molar-refractivity contribution in [3.8, 4) is 11.5 Å². The summed E-state index contributed by atoms with van der Waals surface area (Å²) in [6.45, 7) is 15.7. The Kier molecular flexibility index (Phi) is 21.2. The lowest BCUT2D eigenvalue weighted by Crippen LogP contribution is -2.11. The first-order chi connectivity index (χ1) is 23.7. The number of ether oxygens (including phenoxy) is 5. The molecule has 0 amide bonds. The molecule has 1 aromatic carbocycles. The molecule has 0 aliphatic carbocycles. The van der Waals surface area contributed by atoms with Crippen molar-refractivity contribution in [3.05, 3.63) is 60.4 Å². The fourth-order valence-electron chi connectivity index (χ4n) is 6.16. The highest BCUT2D eigenvalue weighted by molar-refractivity contribution is 5.98. The standard InChI is InChI=1S/C41H62O8/c1-7-28-47-40-34(39(45-6)33(5)35-30-48-41(44)38(35)40)26-24-32(4)25-27-36(42)46-29-22-20-18-16-14-12-10-8-9-11-13-15-17-19-21-23-37(43)49-31(2)3/h7,24,31H,1-3,8-23,25-30H2,4-6H3/b32-24+. The van der Waals surface area contributed by atoms with Crippen LogP contribution in [0.1, 0.15) is 150 Å². The van der Waals surface area contributed by atoms with Crippen LogP contribution in [0.5, 0.6) is 11.5 Å². The van der Waals surface area contributed by atoms with Gasteiger partial charge in [-0.2, -0.15) is 0 Å². The molecule has 0 bridgehead atoms. The van der Waals surface area contributed by atoms with Crippen LogP contribution in [-0.4, -0.2) is 44.3 Å². The zero-order valence-electron chi connectivity index (χ0n) is 30.7. The lowest BCUT2D eigenvalue weighted by molar-refractivity contribution is -0.145. The summed E-state index contributed by atoms with van der Waals surface area (Å²) >= 11 is 0. The Morgan fingerprint density at radius 1 is 0.816 bits per heavy atom. The van der Waals surface area contributed by atoms with Gasteiger partial charge in [-0.3, -0.25) is 9.59 Å². The van der Waals surface area contributed by atoms with Crippen molar-refractivity contribution in [1.82, 2.24) is 0 Å². The summed E-state index contributed by atoms with van der Waals surface area (Å²) in [5.74, 6) is 0.423. The van der Waals surface area contributed by atoms with E-state index < -0.39 is 6.10 Å². The van der Waals surface area contributed by atoms with Gasteiger partial charge in [-0.15, -0.1) is 0 Å². The quantitative estimate of drug-likeness (QED) is 0.0373. The average molecular weight is 683 g/mol. The van der Waals surface area contributed by atoms with E-state index in [1.807, 2.05) is 13.8 Å². The highest BCUT2D eigenvalue weighted by atomic mass is 16.5. The van der Waals surface area contributed by atoms with Crippen molar-refractivity contribution in [2.45, 2.75) is 149 Å². The normalized spacial score (nSPS) is 12.5. The number of allylic oxidation sites excluding steroid dienone is 2. The number of hydrogen-bond donors (Lipinski definition) is 0. The van der Waals surface area contributed by atoms with Crippen molar-refractivity contribution in [1.29, 1.82) is 0 Å². The van der Waals surface area contributed by atoms with Crippen LogP contribution in [0.2, 0.25) is 0 Å². The molecule has 0 fully saturated rings. The fourth-order valence-corrected chi connectivity index (χ4v) is 6.16. The van der Waals surface area contributed by atoms with Crippen LogP contribution < -0.4 is 9.47 Å². The Morgan fingerprint density at radius 3 is 1.94 bits per heavy atom. The molecule has 2 radical (unpaired) electrons. The fraction of sp³-hybridized carbons (Fsp3) is 0.634. The van der Waals surface area contributed by atoms with Gasteiger partial charge in [0.25, 0.3) is 0 Å².